The molecule has 0 bridgehead atoms. The SMILES string of the molecule is Cc1ncsc1CCNC(=O)[C@@H](Cc1ccccc1)n1cnnn1. The van der Waals surface area contributed by atoms with Gasteiger partial charge in [-0.25, -0.2) is 9.67 Å². The van der Waals surface area contributed by atoms with Crippen molar-refractivity contribution in [2.45, 2.75) is 25.8 Å². The standard InChI is InChI=1S/C16H18N6OS/c1-12-15(24-11-18-12)7-8-17-16(23)14(22-10-19-20-21-22)9-13-5-3-2-4-6-13/h2-6,10-11,14H,7-9H2,1H3,(H,17,23)/t14-/m1/s1. The van der Waals surface area contributed by atoms with E-state index < -0.39 is 6.04 Å². The highest BCUT2D eigenvalue weighted by Gasteiger charge is 2.22. The summed E-state index contributed by atoms with van der Waals surface area (Å²) in [7, 11) is 0. The van der Waals surface area contributed by atoms with Gasteiger partial charge in [0.25, 0.3) is 0 Å². The Morgan fingerprint density at radius 3 is 2.83 bits per heavy atom. The first kappa shape index (κ1) is 16.3. The van der Waals surface area contributed by atoms with Crippen LogP contribution in [0.4, 0.5) is 0 Å². The highest BCUT2D eigenvalue weighted by atomic mass is 32.1. The van der Waals surface area contributed by atoms with Gasteiger partial charge >= 0.3 is 0 Å². The van der Waals surface area contributed by atoms with Crippen LogP contribution in [0.5, 0.6) is 0 Å². The second kappa shape index (κ2) is 7.78. The number of rotatable bonds is 7. The number of carbonyl (C=O) groups excluding carboxylic acids is 1. The number of benzene rings is 1. The number of hydrogen-bond donors (Lipinski definition) is 1. The molecule has 1 aromatic carbocycles. The van der Waals surface area contributed by atoms with Gasteiger partial charge in [0.2, 0.25) is 5.91 Å². The minimum absolute atomic E-state index is 0.0895. The number of amides is 1. The highest BCUT2D eigenvalue weighted by molar-refractivity contribution is 7.09. The third-order valence-corrected chi connectivity index (χ3v) is 4.75. The second-order valence-corrected chi connectivity index (χ2v) is 6.34. The van der Waals surface area contributed by atoms with Crippen LogP contribution < -0.4 is 5.32 Å². The molecule has 0 saturated heterocycles. The molecule has 3 rings (SSSR count). The van der Waals surface area contributed by atoms with Crippen LogP contribution in [0.25, 0.3) is 0 Å². The summed E-state index contributed by atoms with van der Waals surface area (Å²) in [6.07, 6.45) is 2.79. The largest absolute Gasteiger partial charge is 0.354 e. The molecule has 0 aliphatic rings. The number of nitrogens with one attached hydrogen (secondary N) is 1. The fraction of sp³-hybridized carbons (Fsp3) is 0.312. The first-order valence-electron chi connectivity index (χ1n) is 7.67. The molecule has 2 heterocycles. The van der Waals surface area contributed by atoms with Gasteiger partial charge in [-0.05, 0) is 22.9 Å². The molecule has 1 amide bonds. The smallest absolute Gasteiger partial charge is 0.245 e. The van der Waals surface area contributed by atoms with E-state index in [4.69, 9.17) is 0 Å². The van der Waals surface area contributed by atoms with Crippen molar-refractivity contribution >= 4 is 17.2 Å². The second-order valence-electron chi connectivity index (χ2n) is 5.40. The van der Waals surface area contributed by atoms with E-state index in [1.165, 1.54) is 15.9 Å². The molecule has 2 aromatic heterocycles. The normalized spacial score (nSPS) is 12.0. The van der Waals surface area contributed by atoms with Crippen LogP contribution in [-0.4, -0.2) is 37.6 Å². The van der Waals surface area contributed by atoms with Crippen LogP contribution in [0.1, 0.15) is 22.2 Å². The molecule has 1 N–H and O–H groups in total. The van der Waals surface area contributed by atoms with Crippen LogP contribution >= 0.6 is 11.3 Å². The minimum atomic E-state index is -0.468. The lowest BCUT2D eigenvalue weighted by Gasteiger charge is -2.16. The van der Waals surface area contributed by atoms with E-state index in [0.29, 0.717) is 13.0 Å². The van der Waals surface area contributed by atoms with E-state index in [-0.39, 0.29) is 5.91 Å². The van der Waals surface area contributed by atoms with Crippen LogP contribution in [-0.2, 0) is 17.6 Å². The number of nitrogens with zero attached hydrogens (tertiary/aromatic N) is 5. The average Bonchev–Trinajstić information content (AvgIpc) is 3.26. The average molecular weight is 342 g/mol. The molecule has 0 aliphatic heterocycles. The first-order valence-corrected chi connectivity index (χ1v) is 8.55. The molecule has 7 nitrogen and oxygen atoms in total. The monoisotopic (exact) mass is 342 g/mol. The lowest BCUT2D eigenvalue weighted by Crippen LogP contribution is -2.35. The molecule has 124 valence electrons. The summed E-state index contributed by atoms with van der Waals surface area (Å²) in [5.41, 5.74) is 3.91. The molecular formula is C16H18N6OS. The van der Waals surface area contributed by atoms with Gasteiger partial charge in [-0.15, -0.1) is 16.4 Å². The van der Waals surface area contributed by atoms with Crippen molar-refractivity contribution in [2.75, 3.05) is 6.54 Å². The Balaban J connectivity index is 1.64. The number of hydrogen-bond acceptors (Lipinski definition) is 6. The fourth-order valence-electron chi connectivity index (χ4n) is 2.44. The Morgan fingerprint density at radius 2 is 2.17 bits per heavy atom. The van der Waals surface area contributed by atoms with Gasteiger partial charge in [0, 0.05) is 24.3 Å². The summed E-state index contributed by atoms with van der Waals surface area (Å²) >= 11 is 1.61. The Bertz CT molecular complexity index is 771. The lowest BCUT2D eigenvalue weighted by molar-refractivity contribution is -0.124. The molecule has 24 heavy (non-hydrogen) atoms. The van der Waals surface area contributed by atoms with E-state index in [2.05, 4.69) is 25.8 Å². The van der Waals surface area contributed by atoms with Gasteiger partial charge in [-0.3, -0.25) is 4.79 Å². The number of aryl methyl sites for hydroxylation is 1. The fourth-order valence-corrected chi connectivity index (χ4v) is 3.22. The van der Waals surface area contributed by atoms with E-state index in [1.54, 1.807) is 11.3 Å². The molecule has 0 unspecified atom stereocenters. The zero-order chi connectivity index (χ0) is 16.8. The number of aromatic nitrogens is 5. The predicted octanol–water partition coefficient (Wildman–Crippen LogP) is 1.58. The van der Waals surface area contributed by atoms with Crippen molar-refractivity contribution in [3.8, 4) is 0 Å². The summed E-state index contributed by atoms with van der Waals surface area (Å²) in [5.74, 6) is -0.0895. The molecular weight excluding hydrogens is 324 g/mol. The Kier molecular flexibility index (Phi) is 5.27. The van der Waals surface area contributed by atoms with Crippen molar-refractivity contribution < 1.29 is 4.79 Å². The van der Waals surface area contributed by atoms with Crippen molar-refractivity contribution in [2.24, 2.45) is 0 Å². The lowest BCUT2D eigenvalue weighted by atomic mass is 10.1. The molecule has 1 atom stereocenters. The maximum absolute atomic E-state index is 12.6. The zero-order valence-corrected chi connectivity index (χ0v) is 14.1. The van der Waals surface area contributed by atoms with Crippen LogP contribution in [0.2, 0.25) is 0 Å². The highest BCUT2D eigenvalue weighted by Crippen LogP contribution is 2.14. The van der Waals surface area contributed by atoms with Crippen LogP contribution in [0, 0.1) is 6.92 Å². The Morgan fingerprint density at radius 1 is 1.33 bits per heavy atom. The van der Waals surface area contributed by atoms with Gasteiger partial charge in [0.15, 0.2) is 0 Å². The van der Waals surface area contributed by atoms with Crippen LogP contribution in [0.3, 0.4) is 0 Å². The maximum Gasteiger partial charge on any atom is 0.245 e. The Labute approximate surface area is 143 Å². The third kappa shape index (κ3) is 4.02. The van der Waals surface area contributed by atoms with E-state index in [9.17, 15) is 4.79 Å². The van der Waals surface area contributed by atoms with Crippen molar-refractivity contribution in [3.05, 3.63) is 58.3 Å². The molecule has 8 heteroatoms. The molecule has 0 fully saturated rings. The topological polar surface area (TPSA) is 85.6 Å². The number of carbonyl (C=O) groups is 1. The van der Waals surface area contributed by atoms with E-state index in [0.717, 1.165) is 17.7 Å². The number of thiazole rings is 1. The van der Waals surface area contributed by atoms with E-state index >= 15 is 0 Å². The summed E-state index contributed by atoms with van der Waals surface area (Å²) in [6.45, 7) is 2.54. The molecule has 0 saturated carbocycles. The van der Waals surface area contributed by atoms with Crippen LogP contribution in [0.15, 0.2) is 42.2 Å². The van der Waals surface area contributed by atoms with Crippen molar-refractivity contribution in [1.82, 2.24) is 30.5 Å². The summed E-state index contributed by atoms with van der Waals surface area (Å²) in [4.78, 5) is 18.0. The van der Waals surface area contributed by atoms with Crippen molar-refractivity contribution in [1.29, 1.82) is 0 Å². The molecule has 3 aromatic rings. The number of tetrazole rings is 1. The van der Waals surface area contributed by atoms with Gasteiger partial charge < -0.3 is 5.32 Å². The van der Waals surface area contributed by atoms with Crippen molar-refractivity contribution in [3.63, 3.8) is 0 Å². The summed E-state index contributed by atoms with van der Waals surface area (Å²) < 4.78 is 1.50. The van der Waals surface area contributed by atoms with Gasteiger partial charge in [0.1, 0.15) is 12.4 Å². The Hall–Kier alpha value is -2.61. The van der Waals surface area contributed by atoms with E-state index in [1.807, 2.05) is 42.8 Å². The first-order chi connectivity index (χ1) is 11.7. The zero-order valence-electron chi connectivity index (χ0n) is 13.3. The minimum Gasteiger partial charge on any atom is -0.354 e. The maximum atomic E-state index is 12.6. The molecule has 0 radical (unpaired) electrons. The predicted molar refractivity (Wildman–Crippen MR) is 90.6 cm³/mol. The quantitative estimate of drug-likeness (QED) is 0.704. The molecule has 0 aliphatic carbocycles. The van der Waals surface area contributed by atoms with Gasteiger partial charge in [0.05, 0.1) is 11.2 Å². The molecule has 0 spiro atoms. The third-order valence-electron chi connectivity index (χ3n) is 3.75. The van der Waals surface area contributed by atoms with Gasteiger partial charge in [-0.1, -0.05) is 30.3 Å². The summed E-state index contributed by atoms with van der Waals surface area (Å²) in [6, 6.07) is 9.38. The summed E-state index contributed by atoms with van der Waals surface area (Å²) in [5, 5.41) is 14.2. The van der Waals surface area contributed by atoms with Gasteiger partial charge in [-0.2, -0.15) is 0 Å².